The number of hydrogen-bond donors (Lipinski definition) is 0. The number of carbonyl (C=O) groups is 2. The summed E-state index contributed by atoms with van der Waals surface area (Å²) >= 11 is 6.18. The standard InChI is InChI=1S/C25H23ClFN3O3/c1-2-18(31)13-30-14-21(19-5-3-16(26)11-22(19)30)25(32)29-9-7-15(8-10-29)24-20-12-17(27)4-6-23(20)33-28-24/h3-6,11-12,14-15H,2,7-10,13H2,1H3. The average molecular weight is 468 g/mol. The molecule has 33 heavy (non-hydrogen) atoms. The van der Waals surface area contributed by atoms with Gasteiger partial charge in [-0.1, -0.05) is 29.7 Å². The van der Waals surface area contributed by atoms with E-state index in [1.54, 1.807) is 24.4 Å². The molecule has 0 N–H and O–H groups in total. The Morgan fingerprint density at radius 3 is 2.70 bits per heavy atom. The summed E-state index contributed by atoms with van der Waals surface area (Å²) in [5.74, 6) is -0.209. The quantitative estimate of drug-likeness (QED) is 0.384. The lowest BCUT2D eigenvalue weighted by atomic mass is 9.91. The van der Waals surface area contributed by atoms with Gasteiger partial charge < -0.3 is 14.0 Å². The number of carbonyl (C=O) groups excluding carboxylic acids is 2. The fourth-order valence-electron chi connectivity index (χ4n) is 4.62. The summed E-state index contributed by atoms with van der Waals surface area (Å²) in [6.45, 7) is 3.14. The molecule has 170 valence electrons. The Balaban J connectivity index is 1.37. The average Bonchev–Trinajstić information content (AvgIpc) is 3.39. The zero-order chi connectivity index (χ0) is 23.1. The van der Waals surface area contributed by atoms with E-state index in [2.05, 4.69) is 5.16 Å². The van der Waals surface area contributed by atoms with E-state index in [-0.39, 0.29) is 30.0 Å². The number of rotatable bonds is 5. The molecule has 2 aromatic carbocycles. The highest BCUT2D eigenvalue weighted by molar-refractivity contribution is 6.31. The molecule has 2 aromatic heterocycles. The van der Waals surface area contributed by atoms with Crippen LogP contribution in [0.25, 0.3) is 21.9 Å². The van der Waals surface area contributed by atoms with Crippen molar-refractivity contribution in [2.24, 2.45) is 0 Å². The summed E-state index contributed by atoms with van der Waals surface area (Å²) in [5.41, 5.74) is 2.66. The van der Waals surface area contributed by atoms with Crippen molar-refractivity contribution < 1.29 is 18.5 Å². The van der Waals surface area contributed by atoms with Crippen molar-refractivity contribution in [2.75, 3.05) is 13.1 Å². The molecule has 0 bridgehead atoms. The number of Topliss-reactive ketones (excluding diaryl/α,β-unsaturated/α-hetero) is 1. The highest BCUT2D eigenvalue weighted by Crippen LogP contribution is 2.34. The van der Waals surface area contributed by atoms with E-state index in [4.69, 9.17) is 16.1 Å². The molecule has 0 unspecified atom stereocenters. The number of amides is 1. The molecule has 0 aliphatic carbocycles. The normalized spacial score (nSPS) is 14.9. The van der Waals surface area contributed by atoms with Crippen LogP contribution in [0.2, 0.25) is 5.02 Å². The monoisotopic (exact) mass is 467 g/mol. The predicted octanol–water partition coefficient (Wildman–Crippen LogP) is 5.57. The van der Waals surface area contributed by atoms with Crippen LogP contribution in [0.1, 0.15) is 48.2 Å². The lowest BCUT2D eigenvalue weighted by Crippen LogP contribution is -2.38. The minimum absolute atomic E-state index is 0.0699. The van der Waals surface area contributed by atoms with Gasteiger partial charge in [0.25, 0.3) is 5.91 Å². The van der Waals surface area contributed by atoms with E-state index in [1.165, 1.54) is 12.1 Å². The molecular formula is C25H23ClFN3O3. The minimum atomic E-state index is -0.322. The zero-order valence-electron chi connectivity index (χ0n) is 18.2. The van der Waals surface area contributed by atoms with Gasteiger partial charge in [0.05, 0.1) is 23.3 Å². The summed E-state index contributed by atoms with van der Waals surface area (Å²) in [4.78, 5) is 27.3. The maximum atomic E-state index is 13.7. The van der Waals surface area contributed by atoms with Crippen molar-refractivity contribution in [1.82, 2.24) is 14.6 Å². The molecule has 0 atom stereocenters. The molecule has 0 spiro atoms. The number of likely N-dealkylation sites (tertiary alicyclic amines) is 1. The smallest absolute Gasteiger partial charge is 0.256 e. The molecule has 6 nitrogen and oxygen atoms in total. The van der Waals surface area contributed by atoms with Crippen LogP contribution in [0.4, 0.5) is 4.39 Å². The molecule has 3 heterocycles. The Labute approximate surface area is 194 Å². The van der Waals surface area contributed by atoms with Gasteiger partial charge in [0, 0.05) is 47.4 Å². The second-order valence-electron chi connectivity index (χ2n) is 8.50. The summed E-state index contributed by atoms with van der Waals surface area (Å²) in [7, 11) is 0. The fraction of sp³-hybridized carbons (Fsp3) is 0.320. The lowest BCUT2D eigenvalue weighted by molar-refractivity contribution is -0.119. The van der Waals surface area contributed by atoms with Crippen LogP contribution in [0.15, 0.2) is 47.1 Å². The number of ketones is 1. The Hall–Kier alpha value is -3.19. The van der Waals surface area contributed by atoms with Gasteiger partial charge in [-0.15, -0.1) is 0 Å². The van der Waals surface area contributed by atoms with E-state index >= 15 is 0 Å². The molecule has 4 aromatic rings. The van der Waals surface area contributed by atoms with E-state index in [0.717, 1.165) is 16.6 Å². The second-order valence-corrected chi connectivity index (χ2v) is 8.94. The Morgan fingerprint density at radius 2 is 1.94 bits per heavy atom. The number of benzene rings is 2. The highest BCUT2D eigenvalue weighted by Gasteiger charge is 2.29. The van der Waals surface area contributed by atoms with E-state index in [9.17, 15) is 14.0 Å². The number of nitrogens with zero attached hydrogens (tertiary/aromatic N) is 3. The fourth-order valence-corrected chi connectivity index (χ4v) is 4.78. The van der Waals surface area contributed by atoms with Crippen molar-refractivity contribution in [2.45, 2.75) is 38.6 Å². The Kier molecular flexibility index (Phi) is 5.66. The maximum absolute atomic E-state index is 13.7. The molecule has 1 fully saturated rings. The first-order valence-electron chi connectivity index (χ1n) is 11.1. The first-order chi connectivity index (χ1) is 15.9. The molecular weight excluding hydrogens is 445 g/mol. The third-order valence-electron chi connectivity index (χ3n) is 6.44. The van der Waals surface area contributed by atoms with Gasteiger partial charge in [0.1, 0.15) is 5.82 Å². The lowest BCUT2D eigenvalue weighted by Gasteiger charge is -2.31. The molecule has 1 aliphatic rings. The van der Waals surface area contributed by atoms with Crippen LogP contribution >= 0.6 is 11.6 Å². The largest absolute Gasteiger partial charge is 0.356 e. The van der Waals surface area contributed by atoms with Gasteiger partial charge in [-0.3, -0.25) is 9.59 Å². The number of fused-ring (bicyclic) bond motifs is 2. The third-order valence-corrected chi connectivity index (χ3v) is 6.68. The van der Waals surface area contributed by atoms with Crippen molar-refractivity contribution in [3.05, 3.63) is 64.7 Å². The van der Waals surface area contributed by atoms with Gasteiger partial charge in [-0.2, -0.15) is 0 Å². The summed E-state index contributed by atoms with van der Waals surface area (Å²) < 4.78 is 20.9. The molecule has 5 rings (SSSR count). The summed E-state index contributed by atoms with van der Waals surface area (Å²) in [5, 5.41) is 6.22. The first-order valence-corrected chi connectivity index (χ1v) is 11.5. The van der Waals surface area contributed by atoms with Crippen molar-refractivity contribution in [3.8, 4) is 0 Å². The highest BCUT2D eigenvalue weighted by atomic mass is 35.5. The molecule has 0 saturated carbocycles. The van der Waals surface area contributed by atoms with Crippen LogP contribution in [0.5, 0.6) is 0 Å². The molecule has 1 amide bonds. The van der Waals surface area contributed by atoms with Crippen LogP contribution in [-0.2, 0) is 11.3 Å². The van der Waals surface area contributed by atoms with E-state index in [0.29, 0.717) is 53.9 Å². The maximum Gasteiger partial charge on any atom is 0.256 e. The van der Waals surface area contributed by atoms with Gasteiger partial charge in [-0.05, 0) is 43.2 Å². The van der Waals surface area contributed by atoms with Crippen molar-refractivity contribution in [1.29, 1.82) is 0 Å². The van der Waals surface area contributed by atoms with Crippen molar-refractivity contribution >= 4 is 45.2 Å². The van der Waals surface area contributed by atoms with Gasteiger partial charge in [0.2, 0.25) is 0 Å². The second kappa shape index (κ2) is 8.63. The summed E-state index contributed by atoms with van der Waals surface area (Å²) in [6.07, 6.45) is 3.61. The SMILES string of the molecule is CCC(=O)Cn1cc(C(=O)N2CCC(c3noc4ccc(F)cc34)CC2)c2ccc(Cl)cc21. The molecule has 1 saturated heterocycles. The third kappa shape index (κ3) is 4.02. The van der Waals surface area contributed by atoms with E-state index < -0.39 is 0 Å². The van der Waals surface area contributed by atoms with Gasteiger partial charge in [-0.25, -0.2) is 4.39 Å². The number of halogens is 2. The molecule has 8 heteroatoms. The van der Waals surface area contributed by atoms with Gasteiger partial charge >= 0.3 is 0 Å². The topological polar surface area (TPSA) is 68.3 Å². The van der Waals surface area contributed by atoms with Crippen LogP contribution in [0, 0.1) is 5.82 Å². The predicted molar refractivity (Wildman–Crippen MR) is 124 cm³/mol. The molecule has 0 radical (unpaired) electrons. The van der Waals surface area contributed by atoms with Crippen LogP contribution < -0.4 is 0 Å². The molecule has 1 aliphatic heterocycles. The van der Waals surface area contributed by atoms with Crippen LogP contribution in [0.3, 0.4) is 0 Å². The van der Waals surface area contributed by atoms with Crippen molar-refractivity contribution in [3.63, 3.8) is 0 Å². The summed E-state index contributed by atoms with van der Waals surface area (Å²) in [6, 6.07) is 9.78. The number of hydrogen-bond acceptors (Lipinski definition) is 4. The number of aromatic nitrogens is 2. The van der Waals surface area contributed by atoms with Gasteiger partial charge in [0.15, 0.2) is 11.4 Å². The number of piperidine rings is 1. The Morgan fingerprint density at radius 1 is 1.15 bits per heavy atom. The van der Waals surface area contributed by atoms with E-state index in [1.807, 2.05) is 22.5 Å². The van der Waals surface area contributed by atoms with Crippen LogP contribution in [-0.4, -0.2) is 39.4 Å². The first kappa shape index (κ1) is 21.6. The zero-order valence-corrected chi connectivity index (χ0v) is 18.9. The minimum Gasteiger partial charge on any atom is -0.356 e. The Bertz CT molecular complexity index is 1370.